The van der Waals surface area contributed by atoms with E-state index in [1.807, 2.05) is 36.4 Å². The summed E-state index contributed by atoms with van der Waals surface area (Å²) in [6, 6.07) is 20.5. The number of rotatable bonds is 6. The number of aromatic nitrogens is 1. The summed E-state index contributed by atoms with van der Waals surface area (Å²) in [6.45, 7) is 4.40. The molecule has 0 aliphatic carbocycles. The second-order valence-corrected chi connectivity index (χ2v) is 7.61. The Labute approximate surface area is 171 Å². The molecule has 0 radical (unpaired) electrons. The number of benzene rings is 2. The molecule has 2 heterocycles. The van der Waals surface area contributed by atoms with Gasteiger partial charge in [-0.3, -0.25) is 9.69 Å². The number of amides is 1. The molecule has 0 bridgehead atoms. The van der Waals surface area contributed by atoms with Gasteiger partial charge in [-0.1, -0.05) is 55.0 Å². The summed E-state index contributed by atoms with van der Waals surface area (Å²) in [4.78, 5) is 19.7. The van der Waals surface area contributed by atoms with Crippen molar-refractivity contribution in [1.29, 1.82) is 0 Å². The highest BCUT2D eigenvalue weighted by Gasteiger charge is 2.24. The predicted molar refractivity (Wildman–Crippen MR) is 114 cm³/mol. The highest BCUT2D eigenvalue weighted by molar-refractivity contribution is 5.93. The second kappa shape index (κ2) is 9.05. The van der Waals surface area contributed by atoms with Crippen LogP contribution in [-0.2, 0) is 6.54 Å². The highest BCUT2D eigenvalue weighted by atomic mass is 16.4. The van der Waals surface area contributed by atoms with Crippen LogP contribution < -0.4 is 5.32 Å². The zero-order chi connectivity index (χ0) is 20.1. The number of oxazole rings is 1. The first-order chi connectivity index (χ1) is 14.2. The summed E-state index contributed by atoms with van der Waals surface area (Å²) in [5.41, 5.74) is 2.55. The third kappa shape index (κ3) is 4.74. The normalized spacial score (nSPS) is 17.2. The maximum atomic E-state index is 12.8. The Bertz CT molecular complexity index is 937. The largest absolute Gasteiger partial charge is 0.441 e. The predicted octanol–water partition coefficient (Wildman–Crippen LogP) is 4.43. The maximum absolute atomic E-state index is 12.8. The highest BCUT2D eigenvalue weighted by Crippen LogP contribution is 2.22. The van der Waals surface area contributed by atoms with Crippen molar-refractivity contribution in [2.45, 2.75) is 38.8 Å². The SMILES string of the molecule is Cc1oc(-c2ccccc2)nc1C(=O)NCC1CCCCN1Cc1ccccc1. The van der Waals surface area contributed by atoms with Gasteiger partial charge in [-0.2, -0.15) is 0 Å². The van der Waals surface area contributed by atoms with Crippen LogP contribution in [0.4, 0.5) is 0 Å². The van der Waals surface area contributed by atoms with E-state index in [4.69, 9.17) is 4.42 Å². The molecule has 150 valence electrons. The van der Waals surface area contributed by atoms with E-state index < -0.39 is 0 Å². The van der Waals surface area contributed by atoms with E-state index in [1.54, 1.807) is 6.92 Å². The van der Waals surface area contributed by atoms with Crippen LogP contribution in [-0.4, -0.2) is 34.9 Å². The van der Waals surface area contributed by atoms with Crippen LogP contribution in [0.1, 0.15) is 41.1 Å². The molecule has 1 aromatic heterocycles. The van der Waals surface area contributed by atoms with Gasteiger partial charge in [0.25, 0.3) is 5.91 Å². The van der Waals surface area contributed by atoms with Crippen molar-refractivity contribution in [2.24, 2.45) is 0 Å². The zero-order valence-electron chi connectivity index (χ0n) is 16.8. The van der Waals surface area contributed by atoms with Gasteiger partial charge in [0.2, 0.25) is 5.89 Å². The molecule has 1 saturated heterocycles. The number of carbonyl (C=O) groups excluding carboxylic acids is 1. The smallest absolute Gasteiger partial charge is 0.273 e. The maximum Gasteiger partial charge on any atom is 0.273 e. The number of nitrogens with zero attached hydrogens (tertiary/aromatic N) is 2. The Kier molecular flexibility index (Phi) is 6.06. The first kappa shape index (κ1) is 19.4. The molecule has 0 saturated carbocycles. The van der Waals surface area contributed by atoms with Crippen LogP contribution in [0.25, 0.3) is 11.5 Å². The van der Waals surface area contributed by atoms with Gasteiger partial charge in [0.1, 0.15) is 5.76 Å². The van der Waals surface area contributed by atoms with Crippen molar-refractivity contribution < 1.29 is 9.21 Å². The second-order valence-electron chi connectivity index (χ2n) is 7.61. The molecule has 2 aromatic carbocycles. The van der Waals surface area contributed by atoms with Gasteiger partial charge >= 0.3 is 0 Å². The topological polar surface area (TPSA) is 58.4 Å². The average molecular weight is 389 g/mol. The zero-order valence-corrected chi connectivity index (χ0v) is 16.8. The third-order valence-electron chi connectivity index (χ3n) is 5.51. The molecule has 0 spiro atoms. The summed E-state index contributed by atoms with van der Waals surface area (Å²) in [6.07, 6.45) is 3.51. The van der Waals surface area contributed by atoms with Gasteiger partial charge in [0.15, 0.2) is 5.69 Å². The lowest BCUT2D eigenvalue weighted by Crippen LogP contribution is -2.46. The molecule has 3 aromatic rings. The number of hydrogen-bond donors (Lipinski definition) is 1. The van der Waals surface area contributed by atoms with Gasteiger partial charge in [0.05, 0.1) is 0 Å². The number of aryl methyl sites for hydroxylation is 1. The Morgan fingerprint density at radius 2 is 1.83 bits per heavy atom. The van der Waals surface area contributed by atoms with Crippen molar-refractivity contribution >= 4 is 5.91 Å². The molecule has 29 heavy (non-hydrogen) atoms. The van der Waals surface area contributed by atoms with E-state index in [9.17, 15) is 4.79 Å². The lowest BCUT2D eigenvalue weighted by Gasteiger charge is -2.35. The molecule has 1 aliphatic rings. The van der Waals surface area contributed by atoms with Crippen LogP contribution >= 0.6 is 0 Å². The van der Waals surface area contributed by atoms with E-state index in [0.29, 0.717) is 29.9 Å². The molecule has 1 N–H and O–H groups in total. The minimum atomic E-state index is -0.168. The fraction of sp³-hybridized carbons (Fsp3) is 0.333. The summed E-state index contributed by atoms with van der Waals surface area (Å²) in [5, 5.41) is 3.09. The Balaban J connectivity index is 1.40. The third-order valence-corrected chi connectivity index (χ3v) is 5.51. The molecular weight excluding hydrogens is 362 g/mol. The number of likely N-dealkylation sites (tertiary alicyclic amines) is 1. The minimum Gasteiger partial charge on any atom is -0.441 e. The van der Waals surface area contributed by atoms with Gasteiger partial charge in [-0.05, 0) is 44.0 Å². The molecule has 5 heteroatoms. The number of hydrogen-bond acceptors (Lipinski definition) is 4. The van der Waals surface area contributed by atoms with E-state index in [-0.39, 0.29) is 5.91 Å². The van der Waals surface area contributed by atoms with Crippen molar-refractivity contribution in [3.05, 3.63) is 77.7 Å². The summed E-state index contributed by atoms with van der Waals surface area (Å²) in [7, 11) is 0. The van der Waals surface area contributed by atoms with Crippen LogP contribution in [0.15, 0.2) is 65.1 Å². The van der Waals surface area contributed by atoms with Crippen molar-refractivity contribution in [2.75, 3.05) is 13.1 Å². The molecule has 1 atom stereocenters. The summed E-state index contributed by atoms with van der Waals surface area (Å²) < 4.78 is 5.73. The number of piperidine rings is 1. The fourth-order valence-electron chi connectivity index (χ4n) is 3.92. The summed E-state index contributed by atoms with van der Waals surface area (Å²) >= 11 is 0. The van der Waals surface area contributed by atoms with E-state index in [2.05, 4.69) is 39.5 Å². The molecule has 1 fully saturated rings. The Morgan fingerprint density at radius 1 is 1.10 bits per heavy atom. The fourth-order valence-corrected chi connectivity index (χ4v) is 3.92. The Morgan fingerprint density at radius 3 is 2.59 bits per heavy atom. The molecule has 1 unspecified atom stereocenters. The van der Waals surface area contributed by atoms with Crippen LogP contribution in [0.2, 0.25) is 0 Å². The van der Waals surface area contributed by atoms with Crippen molar-refractivity contribution in [3.63, 3.8) is 0 Å². The van der Waals surface area contributed by atoms with Crippen LogP contribution in [0.5, 0.6) is 0 Å². The minimum absolute atomic E-state index is 0.168. The average Bonchev–Trinajstić information content (AvgIpc) is 3.16. The number of carbonyl (C=O) groups is 1. The molecule has 1 aliphatic heterocycles. The molecule has 4 rings (SSSR count). The van der Waals surface area contributed by atoms with Gasteiger partial charge in [-0.15, -0.1) is 0 Å². The molecule has 1 amide bonds. The first-order valence-corrected chi connectivity index (χ1v) is 10.3. The van der Waals surface area contributed by atoms with Gasteiger partial charge in [0, 0.05) is 24.7 Å². The van der Waals surface area contributed by atoms with E-state index in [0.717, 1.165) is 25.1 Å². The Hall–Kier alpha value is -2.92. The lowest BCUT2D eigenvalue weighted by atomic mass is 10.0. The molecular formula is C24H27N3O2. The number of nitrogens with one attached hydrogen (secondary N) is 1. The molecule has 5 nitrogen and oxygen atoms in total. The quantitative estimate of drug-likeness (QED) is 0.677. The monoisotopic (exact) mass is 389 g/mol. The van der Waals surface area contributed by atoms with Crippen LogP contribution in [0, 0.1) is 6.92 Å². The standard InChI is InChI=1S/C24H27N3O2/c1-18-22(26-24(29-18)20-12-6-3-7-13-20)23(28)25-16-21-14-8-9-15-27(21)17-19-10-4-2-5-11-19/h2-7,10-13,21H,8-9,14-17H2,1H3,(H,25,28). The van der Waals surface area contributed by atoms with Crippen LogP contribution in [0.3, 0.4) is 0 Å². The van der Waals surface area contributed by atoms with Gasteiger partial charge < -0.3 is 9.73 Å². The lowest BCUT2D eigenvalue weighted by molar-refractivity contribution is 0.0902. The van der Waals surface area contributed by atoms with E-state index >= 15 is 0 Å². The van der Waals surface area contributed by atoms with E-state index in [1.165, 1.54) is 18.4 Å². The summed E-state index contributed by atoms with van der Waals surface area (Å²) in [5.74, 6) is 0.862. The van der Waals surface area contributed by atoms with Gasteiger partial charge in [-0.25, -0.2) is 4.98 Å². The first-order valence-electron chi connectivity index (χ1n) is 10.3. The van der Waals surface area contributed by atoms with Crippen molar-refractivity contribution in [3.8, 4) is 11.5 Å². The van der Waals surface area contributed by atoms with Crippen molar-refractivity contribution in [1.82, 2.24) is 15.2 Å².